The van der Waals surface area contributed by atoms with Gasteiger partial charge in [-0.3, -0.25) is 9.10 Å². The number of aryl methyl sites for hydroxylation is 4. The number of carbonyl (C=O) groups is 1. The predicted molar refractivity (Wildman–Crippen MR) is 134 cm³/mol. The highest BCUT2D eigenvalue weighted by Crippen LogP contribution is 2.26. The standard InChI is InChI=1S/C26H29ClN2O3S/c1-17-7-6-8-23(13-17)29(33(31,32)24-11-9-22(27)10-12-24)16-26(30)28-21(5)25-15-19(3)18(2)14-20(25)4/h6-15,21H,16H2,1-5H3,(H,28,30). The number of benzene rings is 3. The van der Waals surface area contributed by atoms with Gasteiger partial charge in [0.15, 0.2) is 0 Å². The van der Waals surface area contributed by atoms with Crippen molar-refractivity contribution in [3.8, 4) is 0 Å². The molecule has 0 aliphatic rings. The van der Waals surface area contributed by atoms with Crippen LogP contribution in [0.1, 0.15) is 40.8 Å². The Morgan fingerprint density at radius 3 is 2.21 bits per heavy atom. The van der Waals surface area contributed by atoms with Crippen molar-refractivity contribution in [2.45, 2.75) is 45.6 Å². The van der Waals surface area contributed by atoms with Crippen LogP contribution in [-0.2, 0) is 14.8 Å². The van der Waals surface area contributed by atoms with Crippen LogP contribution in [0.5, 0.6) is 0 Å². The van der Waals surface area contributed by atoms with Crippen molar-refractivity contribution in [1.82, 2.24) is 5.32 Å². The number of halogens is 1. The van der Waals surface area contributed by atoms with Crippen LogP contribution in [0.4, 0.5) is 5.69 Å². The molecular formula is C26H29ClN2O3S. The molecule has 0 bridgehead atoms. The molecule has 3 aromatic carbocycles. The van der Waals surface area contributed by atoms with Gasteiger partial charge in [-0.1, -0.05) is 35.9 Å². The molecule has 5 nitrogen and oxygen atoms in total. The Morgan fingerprint density at radius 1 is 0.939 bits per heavy atom. The molecule has 0 aliphatic carbocycles. The maximum absolute atomic E-state index is 13.5. The van der Waals surface area contributed by atoms with E-state index in [2.05, 4.69) is 24.4 Å². The molecule has 0 heterocycles. The van der Waals surface area contributed by atoms with E-state index in [1.54, 1.807) is 18.2 Å². The first-order valence-corrected chi connectivity index (χ1v) is 12.5. The highest BCUT2D eigenvalue weighted by atomic mass is 35.5. The third-order valence-corrected chi connectivity index (χ3v) is 7.74. The molecule has 1 unspecified atom stereocenters. The zero-order chi connectivity index (χ0) is 24.3. The zero-order valence-electron chi connectivity index (χ0n) is 19.5. The second-order valence-electron chi connectivity index (χ2n) is 8.39. The van der Waals surface area contributed by atoms with E-state index < -0.39 is 10.0 Å². The van der Waals surface area contributed by atoms with Gasteiger partial charge >= 0.3 is 0 Å². The van der Waals surface area contributed by atoms with Gasteiger partial charge in [0, 0.05) is 5.02 Å². The van der Waals surface area contributed by atoms with Gasteiger partial charge in [0.05, 0.1) is 16.6 Å². The molecule has 0 radical (unpaired) electrons. The Kier molecular flexibility index (Phi) is 7.50. The summed E-state index contributed by atoms with van der Waals surface area (Å²) in [6, 6.07) is 16.9. The fourth-order valence-corrected chi connectivity index (χ4v) is 5.32. The molecule has 0 fully saturated rings. The first-order chi connectivity index (χ1) is 15.5. The fraction of sp³-hybridized carbons (Fsp3) is 0.269. The quantitative estimate of drug-likeness (QED) is 0.471. The maximum Gasteiger partial charge on any atom is 0.264 e. The summed E-state index contributed by atoms with van der Waals surface area (Å²) in [7, 11) is -3.99. The van der Waals surface area contributed by atoms with E-state index in [0.717, 1.165) is 26.6 Å². The number of nitrogens with one attached hydrogen (secondary N) is 1. The molecule has 33 heavy (non-hydrogen) atoms. The molecule has 7 heteroatoms. The summed E-state index contributed by atoms with van der Waals surface area (Å²) in [5.41, 5.74) is 5.74. The van der Waals surface area contributed by atoms with Crippen molar-refractivity contribution in [3.63, 3.8) is 0 Å². The van der Waals surface area contributed by atoms with Gasteiger partial charge in [0.25, 0.3) is 10.0 Å². The van der Waals surface area contributed by atoms with E-state index in [0.29, 0.717) is 10.7 Å². The molecule has 0 saturated heterocycles. The molecule has 1 atom stereocenters. The lowest BCUT2D eigenvalue weighted by molar-refractivity contribution is -0.120. The predicted octanol–water partition coefficient (Wildman–Crippen LogP) is 5.65. The summed E-state index contributed by atoms with van der Waals surface area (Å²) in [5.74, 6) is -0.390. The number of sulfonamides is 1. The van der Waals surface area contributed by atoms with Crippen molar-refractivity contribution in [2.24, 2.45) is 0 Å². The molecule has 1 N–H and O–H groups in total. The highest BCUT2D eigenvalue weighted by Gasteiger charge is 2.28. The first-order valence-electron chi connectivity index (χ1n) is 10.7. The number of hydrogen-bond donors (Lipinski definition) is 1. The van der Waals surface area contributed by atoms with Crippen LogP contribution in [0.3, 0.4) is 0 Å². The molecule has 0 spiro atoms. The molecular weight excluding hydrogens is 456 g/mol. The molecule has 0 aromatic heterocycles. The second kappa shape index (κ2) is 9.98. The lowest BCUT2D eigenvalue weighted by Crippen LogP contribution is -2.41. The van der Waals surface area contributed by atoms with E-state index >= 15 is 0 Å². The van der Waals surface area contributed by atoms with Crippen LogP contribution < -0.4 is 9.62 Å². The smallest absolute Gasteiger partial charge is 0.264 e. The fourth-order valence-electron chi connectivity index (χ4n) is 3.78. The summed E-state index contributed by atoms with van der Waals surface area (Å²) in [6.45, 7) is 9.53. The zero-order valence-corrected chi connectivity index (χ0v) is 21.1. The largest absolute Gasteiger partial charge is 0.348 e. The lowest BCUT2D eigenvalue weighted by atomic mass is 9.96. The lowest BCUT2D eigenvalue weighted by Gasteiger charge is -2.26. The topological polar surface area (TPSA) is 66.5 Å². The van der Waals surface area contributed by atoms with Crippen LogP contribution in [0.25, 0.3) is 0 Å². The number of anilines is 1. The van der Waals surface area contributed by atoms with Gasteiger partial charge in [0.1, 0.15) is 6.54 Å². The van der Waals surface area contributed by atoms with E-state index in [-0.39, 0.29) is 23.4 Å². The van der Waals surface area contributed by atoms with Crippen molar-refractivity contribution in [3.05, 3.63) is 93.5 Å². The number of carbonyl (C=O) groups excluding carboxylic acids is 1. The van der Waals surface area contributed by atoms with E-state index in [1.807, 2.05) is 33.8 Å². The normalized spacial score (nSPS) is 12.3. The average molecular weight is 485 g/mol. The minimum atomic E-state index is -3.99. The average Bonchev–Trinajstić information content (AvgIpc) is 2.74. The summed E-state index contributed by atoms with van der Waals surface area (Å²) in [5, 5.41) is 3.40. The monoisotopic (exact) mass is 484 g/mol. The Balaban J connectivity index is 1.91. The third kappa shape index (κ3) is 5.75. The SMILES string of the molecule is Cc1cccc(N(CC(=O)NC(C)c2cc(C)c(C)cc2C)S(=O)(=O)c2ccc(Cl)cc2)c1. The summed E-state index contributed by atoms with van der Waals surface area (Å²) >= 11 is 5.94. The van der Waals surface area contributed by atoms with Crippen LogP contribution in [0.15, 0.2) is 65.6 Å². The Morgan fingerprint density at radius 2 is 1.58 bits per heavy atom. The van der Waals surface area contributed by atoms with Crippen LogP contribution in [-0.4, -0.2) is 20.9 Å². The van der Waals surface area contributed by atoms with Gasteiger partial charge in [-0.15, -0.1) is 0 Å². The van der Waals surface area contributed by atoms with Crippen molar-refractivity contribution < 1.29 is 13.2 Å². The van der Waals surface area contributed by atoms with Gasteiger partial charge in [-0.25, -0.2) is 8.42 Å². The van der Waals surface area contributed by atoms with Crippen molar-refractivity contribution >= 4 is 33.2 Å². The Bertz CT molecular complexity index is 1270. The van der Waals surface area contributed by atoms with Crippen LogP contribution in [0.2, 0.25) is 5.02 Å². The van der Waals surface area contributed by atoms with Crippen molar-refractivity contribution in [2.75, 3.05) is 10.8 Å². The summed E-state index contributed by atoms with van der Waals surface area (Å²) in [4.78, 5) is 13.1. The summed E-state index contributed by atoms with van der Waals surface area (Å²) in [6.07, 6.45) is 0. The van der Waals surface area contributed by atoms with E-state index in [1.165, 1.54) is 29.8 Å². The second-order valence-corrected chi connectivity index (χ2v) is 10.7. The number of rotatable bonds is 7. The first kappa shape index (κ1) is 24.8. The summed E-state index contributed by atoms with van der Waals surface area (Å²) < 4.78 is 28.1. The molecule has 3 rings (SSSR count). The highest BCUT2D eigenvalue weighted by molar-refractivity contribution is 7.92. The molecule has 174 valence electrons. The number of hydrogen-bond acceptors (Lipinski definition) is 3. The van der Waals surface area contributed by atoms with Crippen LogP contribution >= 0.6 is 11.6 Å². The molecule has 1 amide bonds. The number of amides is 1. The van der Waals surface area contributed by atoms with Crippen LogP contribution in [0, 0.1) is 27.7 Å². The van der Waals surface area contributed by atoms with Crippen molar-refractivity contribution in [1.29, 1.82) is 0 Å². The minimum absolute atomic E-state index is 0.0688. The van der Waals surface area contributed by atoms with E-state index in [4.69, 9.17) is 11.6 Å². The molecule has 0 aliphatic heterocycles. The maximum atomic E-state index is 13.5. The van der Waals surface area contributed by atoms with Gasteiger partial charge in [-0.2, -0.15) is 0 Å². The molecule has 0 saturated carbocycles. The third-order valence-electron chi connectivity index (χ3n) is 5.70. The Hall–Kier alpha value is -2.83. The minimum Gasteiger partial charge on any atom is -0.348 e. The van der Waals surface area contributed by atoms with Gasteiger partial charge < -0.3 is 5.32 Å². The van der Waals surface area contributed by atoms with Gasteiger partial charge in [-0.05, 0) is 98.8 Å². The van der Waals surface area contributed by atoms with Gasteiger partial charge in [0.2, 0.25) is 5.91 Å². The van der Waals surface area contributed by atoms with E-state index in [9.17, 15) is 13.2 Å². The molecule has 3 aromatic rings. The number of nitrogens with zero attached hydrogens (tertiary/aromatic N) is 1. The Labute approximate surface area is 201 Å².